The van der Waals surface area contributed by atoms with Gasteiger partial charge in [-0.2, -0.15) is 0 Å². The Morgan fingerprint density at radius 3 is 2.50 bits per heavy atom. The van der Waals surface area contributed by atoms with E-state index < -0.39 is 0 Å². The Kier molecular flexibility index (Phi) is 9.59. The number of anilines is 1. The number of para-hydroxylation sites is 1. The molecule has 30 heavy (non-hydrogen) atoms. The van der Waals surface area contributed by atoms with E-state index in [1.54, 1.807) is 0 Å². The van der Waals surface area contributed by atoms with Crippen LogP contribution in [0.25, 0.3) is 0 Å². The lowest BCUT2D eigenvalue weighted by Gasteiger charge is -2.31. The number of hydrogen-bond acceptors (Lipinski definition) is 2. The summed E-state index contributed by atoms with van der Waals surface area (Å²) in [5, 5.41) is 0. The lowest BCUT2D eigenvalue weighted by molar-refractivity contribution is 0.289. The molecular formula is C28H37NO. The van der Waals surface area contributed by atoms with Gasteiger partial charge in [0.1, 0.15) is 5.75 Å². The third-order valence-corrected chi connectivity index (χ3v) is 5.64. The summed E-state index contributed by atoms with van der Waals surface area (Å²) in [6, 6.07) is 17.3. The molecule has 0 radical (unpaired) electrons. The van der Waals surface area contributed by atoms with E-state index in [4.69, 9.17) is 4.74 Å². The number of hydrogen-bond donors (Lipinski definition) is 0. The van der Waals surface area contributed by atoms with E-state index in [1.165, 1.54) is 61.8 Å². The van der Waals surface area contributed by atoms with Crippen LogP contribution in [-0.2, 0) is 13.0 Å². The first-order chi connectivity index (χ1) is 14.9. The largest absolute Gasteiger partial charge is 0.473 e. The van der Waals surface area contributed by atoms with Crippen LogP contribution in [0.2, 0.25) is 0 Å². The first kappa shape index (κ1) is 22.2. The first-order valence-corrected chi connectivity index (χ1v) is 11.7. The van der Waals surface area contributed by atoms with Gasteiger partial charge in [-0.3, -0.25) is 0 Å². The Labute approximate surface area is 183 Å². The van der Waals surface area contributed by atoms with Gasteiger partial charge in [-0.05, 0) is 62.3 Å². The van der Waals surface area contributed by atoms with E-state index in [0.717, 1.165) is 25.1 Å². The molecule has 1 heterocycles. The molecule has 0 saturated heterocycles. The molecular weight excluding hydrogens is 366 g/mol. The molecule has 2 aromatic carbocycles. The molecule has 1 aliphatic heterocycles. The van der Waals surface area contributed by atoms with Crippen LogP contribution in [0.1, 0.15) is 69.4 Å². The number of nitrogens with zero attached hydrogens (tertiary/aromatic N) is 1. The Morgan fingerprint density at radius 1 is 0.867 bits per heavy atom. The molecule has 0 N–H and O–H groups in total. The van der Waals surface area contributed by atoms with Gasteiger partial charge in [0.05, 0.1) is 0 Å². The van der Waals surface area contributed by atoms with Gasteiger partial charge in [-0.15, -0.1) is 0 Å². The van der Waals surface area contributed by atoms with Crippen molar-refractivity contribution in [3.63, 3.8) is 0 Å². The number of aryl methyl sites for hydroxylation is 1. The molecule has 0 aromatic heterocycles. The van der Waals surface area contributed by atoms with Gasteiger partial charge in [-0.1, -0.05) is 80.8 Å². The van der Waals surface area contributed by atoms with Crippen LogP contribution in [0.3, 0.4) is 0 Å². The number of unbranched alkanes of at least 4 members (excludes halogenated alkanes) is 5. The SMILES string of the molecule is CCC/C=C/C/C=C/CCCCCCc1ccc2c(c1)OCN(c1ccccc1)C2. The maximum atomic E-state index is 6.06. The van der Waals surface area contributed by atoms with Gasteiger partial charge in [0.15, 0.2) is 6.73 Å². The second-order valence-corrected chi connectivity index (χ2v) is 8.17. The van der Waals surface area contributed by atoms with Gasteiger partial charge in [0, 0.05) is 17.8 Å². The molecule has 1 aliphatic rings. The lowest BCUT2D eigenvalue weighted by atomic mass is 10.0. The van der Waals surface area contributed by atoms with Crippen molar-refractivity contribution >= 4 is 5.69 Å². The highest BCUT2D eigenvalue weighted by Gasteiger charge is 2.17. The van der Waals surface area contributed by atoms with Gasteiger partial charge in [0.2, 0.25) is 0 Å². The van der Waals surface area contributed by atoms with Crippen LogP contribution in [-0.4, -0.2) is 6.73 Å². The zero-order chi connectivity index (χ0) is 20.9. The molecule has 0 amide bonds. The highest BCUT2D eigenvalue weighted by molar-refractivity contribution is 5.50. The van der Waals surface area contributed by atoms with Gasteiger partial charge in [0.25, 0.3) is 0 Å². The second-order valence-electron chi connectivity index (χ2n) is 8.17. The monoisotopic (exact) mass is 403 g/mol. The van der Waals surface area contributed by atoms with Crippen molar-refractivity contribution in [3.05, 3.63) is 84.0 Å². The molecule has 2 heteroatoms. The van der Waals surface area contributed by atoms with E-state index in [-0.39, 0.29) is 0 Å². The van der Waals surface area contributed by atoms with Crippen molar-refractivity contribution in [1.29, 1.82) is 0 Å². The molecule has 160 valence electrons. The highest BCUT2D eigenvalue weighted by Crippen LogP contribution is 2.29. The van der Waals surface area contributed by atoms with Crippen molar-refractivity contribution in [1.82, 2.24) is 0 Å². The summed E-state index contributed by atoms with van der Waals surface area (Å²) in [5.74, 6) is 1.07. The fraction of sp³-hybridized carbons (Fsp3) is 0.429. The Balaban J connectivity index is 1.31. The quantitative estimate of drug-likeness (QED) is 0.264. The number of rotatable bonds is 12. The summed E-state index contributed by atoms with van der Waals surface area (Å²) in [4.78, 5) is 2.28. The summed E-state index contributed by atoms with van der Waals surface area (Å²) in [6.45, 7) is 3.77. The molecule has 0 spiro atoms. The Morgan fingerprint density at radius 2 is 1.67 bits per heavy atom. The van der Waals surface area contributed by atoms with Gasteiger partial charge in [-0.25, -0.2) is 0 Å². The lowest BCUT2D eigenvalue weighted by Crippen LogP contribution is -2.31. The minimum absolute atomic E-state index is 0.627. The average Bonchev–Trinajstić information content (AvgIpc) is 2.80. The zero-order valence-electron chi connectivity index (χ0n) is 18.6. The van der Waals surface area contributed by atoms with Crippen molar-refractivity contribution in [2.75, 3.05) is 11.6 Å². The van der Waals surface area contributed by atoms with Crippen molar-refractivity contribution in [2.45, 2.75) is 71.3 Å². The van der Waals surface area contributed by atoms with Crippen molar-refractivity contribution in [2.24, 2.45) is 0 Å². The predicted molar refractivity (Wildman–Crippen MR) is 129 cm³/mol. The Hall–Kier alpha value is -2.48. The van der Waals surface area contributed by atoms with Gasteiger partial charge >= 0.3 is 0 Å². The van der Waals surface area contributed by atoms with Crippen molar-refractivity contribution < 1.29 is 4.74 Å². The topological polar surface area (TPSA) is 12.5 Å². The number of fused-ring (bicyclic) bond motifs is 1. The van der Waals surface area contributed by atoms with Crippen LogP contribution in [0.5, 0.6) is 5.75 Å². The highest BCUT2D eigenvalue weighted by atomic mass is 16.5. The fourth-order valence-electron chi connectivity index (χ4n) is 3.84. The summed E-state index contributed by atoms with van der Waals surface area (Å²) in [7, 11) is 0. The third kappa shape index (κ3) is 7.40. The average molecular weight is 404 g/mol. The zero-order valence-corrected chi connectivity index (χ0v) is 18.6. The summed E-state index contributed by atoms with van der Waals surface area (Å²) >= 11 is 0. The Bertz CT molecular complexity index is 794. The first-order valence-electron chi connectivity index (χ1n) is 11.7. The van der Waals surface area contributed by atoms with Crippen LogP contribution < -0.4 is 9.64 Å². The third-order valence-electron chi connectivity index (χ3n) is 5.64. The molecule has 3 rings (SSSR count). The van der Waals surface area contributed by atoms with Crippen LogP contribution in [0.4, 0.5) is 5.69 Å². The molecule has 2 aromatic rings. The predicted octanol–water partition coefficient (Wildman–Crippen LogP) is 7.84. The molecule has 2 nitrogen and oxygen atoms in total. The molecule has 0 bridgehead atoms. The maximum Gasteiger partial charge on any atom is 0.161 e. The summed E-state index contributed by atoms with van der Waals surface area (Å²) < 4.78 is 6.06. The van der Waals surface area contributed by atoms with E-state index in [0.29, 0.717) is 6.73 Å². The summed E-state index contributed by atoms with van der Waals surface area (Å²) in [5.41, 5.74) is 3.90. The molecule has 0 fully saturated rings. The van der Waals surface area contributed by atoms with Crippen LogP contribution in [0, 0.1) is 0 Å². The summed E-state index contributed by atoms with van der Waals surface area (Å²) in [6.07, 6.45) is 20.3. The van der Waals surface area contributed by atoms with E-state index in [9.17, 15) is 0 Å². The second kappa shape index (κ2) is 13.0. The standard InChI is InChI=1S/C28H37NO/c1-2-3-4-5-6-7-8-9-10-11-12-14-17-25-20-21-26-23-29(24-30-28(26)22-25)27-18-15-13-16-19-27/h4-5,7-8,13,15-16,18-22H,2-3,6,9-12,14,17,23-24H2,1H3/b5-4+,8-7+. The smallest absolute Gasteiger partial charge is 0.161 e. The molecule has 0 unspecified atom stereocenters. The van der Waals surface area contributed by atoms with Gasteiger partial charge < -0.3 is 9.64 Å². The van der Waals surface area contributed by atoms with Crippen molar-refractivity contribution in [3.8, 4) is 5.75 Å². The molecule has 0 saturated carbocycles. The number of benzene rings is 2. The minimum Gasteiger partial charge on any atom is -0.473 e. The fourth-order valence-corrected chi connectivity index (χ4v) is 3.84. The maximum absolute atomic E-state index is 6.06. The minimum atomic E-state index is 0.627. The van der Waals surface area contributed by atoms with Crippen LogP contribution in [0.15, 0.2) is 72.8 Å². The normalized spacial score (nSPS) is 13.7. The number of allylic oxidation sites excluding steroid dienone is 4. The van der Waals surface area contributed by atoms with E-state index >= 15 is 0 Å². The number of ether oxygens (including phenoxy) is 1. The molecule has 0 atom stereocenters. The van der Waals surface area contributed by atoms with E-state index in [2.05, 4.69) is 84.7 Å². The molecule has 0 aliphatic carbocycles. The van der Waals surface area contributed by atoms with E-state index in [1.807, 2.05) is 0 Å². The van der Waals surface area contributed by atoms with Crippen LogP contribution >= 0.6 is 0 Å².